The first-order valence-corrected chi connectivity index (χ1v) is 16.0. The summed E-state index contributed by atoms with van der Waals surface area (Å²) in [6, 6.07) is 22.6. The first-order chi connectivity index (χ1) is 20.2. The molecule has 0 bridgehead atoms. The minimum Gasteiger partial charge on any atom is -0.490 e. The first-order valence-electron chi connectivity index (χ1n) is 14.3. The van der Waals surface area contributed by atoms with Gasteiger partial charge in [-0.3, -0.25) is 9.59 Å². The molecule has 232 valence electrons. The highest BCUT2D eigenvalue weighted by Gasteiger charge is 2.23. The molecule has 43 heavy (non-hydrogen) atoms. The summed E-state index contributed by atoms with van der Waals surface area (Å²) in [4.78, 5) is 23.8. The summed E-state index contributed by atoms with van der Waals surface area (Å²) in [5, 5.41) is 22.4. The smallest absolute Gasteiger partial charge is 0.304 e. The molecule has 1 aliphatic carbocycles. The Hall–Kier alpha value is -3.44. The Morgan fingerprint density at radius 3 is 2.28 bits per heavy atom. The number of aliphatic carboxylic acids is 1. The van der Waals surface area contributed by atoms with E-state index in [1.54, 1.807) is 18.2 Å². The number of benzene rings is 3. The van der Waals surface area contributed by atoms with E-state index in [0.29, 0.717) is 18.8 Å². The molecule has 4 N–H and O–H groups in total. The summed E-state index contributed by atoms with van der Waals surface area (Å²) in [6.07, 6.45) is 4.44. The van der Waals surface area contributed by atoms with Crippen molar-refractivity contribution >= 4 is 34.3 Å². The van der Waals surface area contributed by atoms with E-state index < -0.39 is 40.2 Å². The number of aliphatic hydroxyl groups is 1. The molecule has 0 unspecified atom stereocenters. The number of halogens is 1. The number of carbonyl (C=O) groups is 2. The predicted octanol–water partition coefficient (Wildman–Crippen LogP) is 4.89. The van der Waals surface area contributed by atoms with Crippen LogP contribution in [0.3, 0.4) is 0 Å². The van der Waals surface area contributed by atoms with E-state index in [9.17, 15) is 23.1 Å². The second-order valence-electron chi connectivity index (χ2n) is 10.6. The van der Waals surface area contributed by atoms with Crippen LogP contribution in [-0.4, -0.2) is 55.5 Å². The van der Waals surface area contributed by atoms with Crippen LogP contribution < -0.4 is 14.8 Å². The van der Waals surface area contributed by atoms with Gasteiger partial charge in [-0.25, -0.2) is 13.1 Å². The maximum atomic E-state index is 13.0. The molecule has 0 saturated heterocycles. The van der Waals surface area contributed by atoms with Gasteiger partial charge in [0.1, 0.15) is 5.75 Å². The number of carbonyl (C=O) groups excluding carboxylic acids is 1. The molecule has 1 amide bonds. The Morgan fingerprint density at radius 1 is 0.930 bits per heavy atom. The number of carboxylic acids is 1. The summed E-state index contributed by atoms with van der Waals surface area (Å²) in [5.41, 5.74) is 3.83. The number of hydrogen-bond donors (Lipinski definition) is 4. The van der Waals surface area contributed by atoms with E-state index in [4.69, 9.17) is 9.84 Å². The number of rotatable bonds is 14. The molecule has 0 heterocycles. The Kier molecular flexibility index (Phi) is 13.0. The van der Waals surface area contributed by atoms with E-state index in [-0.39, 0.29) is 24.1 Å². The summed E-state index contributed by atoms with van der Waals surface area (Å²) < 4.78 is 32.8. The molecule has 3 aromatic carbocycles. The van der Waals surface area contributed by atoms with Gasteiger partial charge in [-0.05, 0) is 73.0 Å². The van der Waals surface area contributed by atoms with Crippen molar-refractivity contribution in [3.05, 3.63) is 89.5 Å². The molecular formula is C32H39ClN2O7S. The van der Waals surface area contributed by atoms with E-state index >= 15 is 0 Å². The van der Waals surface area contributed by atoms with Crippen molar-refractivity contribution in [2.75, 3.05) is 18.8 Å². The maximum absolute atomic E-state index is 13.0. The molecular weight excluding hydrogens is 592 g/mol. The second kappa shape index (κ2) is 16.4. The lowest BCUT2D eigenvalue weighted by atomic mass is 9.97. The van der Waals surface area contributed by atoms with Crippen LogP contribution in [0.1, 0.15) is 66.1 Å². The van der Waals surface area contributed by atoms with Crippen molar-refractivity contribution in [2.24, 2.45) is 0 Å². The van der Waals surface area contributed by atoms with Gasteiger partial charge in [0.05, 0.1) is 29.9 Å². The molecule has 1 atom stereocenters. The minimum absolute atomic E-state index is 0. The van der Waals surface area contributed by atoms with Gasteiger partial charge in [0, 0.05) is 6.54 Å². The van der Waals surface area contributed by atoms with Gasteiger partial charge in [-0.15, -0.1) is 12.4 Å². The third kappa shape index (κ3) is 10.7. The van der Waals surface area contributed by atoms with Crippen molar-refractivity contribution in [1.82, 2.24) is 10.0 Å². The standard InChI is InChI=1S/C32H38N2O7S.ClH/c35-29(25-7-3-1-4-8-25)22-33-19-17-23-11-13-24(14-12-23)26-15-16-28(30(21-26)41-27-9-5-2-6-10-27)32(38)34-42(39,40)20-18-31(36)37;/h1,3-4,7-8,11-16,21,27,29,33,35H,2,5-6,9-10,17-20,22H2,(H,34,38)(H,36,37);1H/t29-;/m1./s1. The van der Waals surface area contributed by atoms with Gasteiger partial charge in [-0.2, -0.15) is 0 Å². The molecule has 11 heteroatoms. The predicted molar refractivity (Wildman–Crippen MR) is 168 cm³/mol. The average Bonchev–Trinajstić information content (AvgIpc) is 2.99. The van der Waals surface area contributed by atoms with Crippen molar-refractivity contribution in [3.8, 4) is 16.9 Å². The van der Waals surface area contributed by atoms with Crippen LogP contribution in [-0.2, 0) is 21.2 Å². The number of sulfonamides is 1. The zero-order valence-corrected chi connectivity index (χ0v) is 25.5. The molecule has 4 rings (SSSR count). The van der Waals surface area contributed by atoms with E-state index in [0.717, 1.165) is 60.8 Å². The molecule has 9 nitrogen and oxygen atoms in total. The Labute approximate surface area is 259 Å². The third-order valence-electron chi connectivity index (χ3n) is 7.30. The first kappa shape index (κ1) is 34.1. The van der Waals surface area contributed by atoms with Crippen LogP contribution in [0, 0.1) is 0 Å². The normalized spacial score (nSPS) is 14.3. The van der Waals surface area contributed by atoms with Crippen molar-refractivity contribution in [2.45, 2.75) is 57.2 Å². The molecule has 1 fully saturated rings. The Balaban J connectivity index is 0.00000506. The number of hydrogen-bond acceptors (Lipinski definition) is 7. The van der Waals surface area contributed by atoms with Crippen LogP contribution in [0.2, 0.25) is 0 Å². The maximum Gasteiger partial charge on any atom is 0.304 e. The van der Waals surface area contributed by atoms with E-state index in [2.05, 4.69) is 5.32 Å². The highest BCUT2D eigenvalue weighted by atomic mass is 35.5. The minimum atomic E-state index is -4.12. The van der Waals surface area contributed by atoms with Crippen LogP contribution in [0.15, 0.2) is 72.8 Å². The molecule has 1 saturated carbocycles. The molecule has 3 aromatic rings. The van der Waals surface area contributed by atoms with Crippen molar-refractivity contribution in [3.63, 3.8) is 0 Å². The summed E-state index contributed by atoms with van der Waals surface area (Å²) in [5.74, 6) is -2.50. The number of aliphatic hydroxyl groups excluding tert-OH is 1. The fourth-order valence-corrected chi connectivity index (χ4v) is 5.88. The lowest BCUT2D eigenvalue weighted by Crippen LogP contribution is -2.33. The van der Waals surface area contributed by atoms with Gasteiger partial charge in [0.25, 0.3) is 5.91 Å². The molecule has 1 aliphatic rings. The fraction of sp³-hybridized carbons (Fsp3) is 0.375. The lowest BCUT2D eigenvalue weighted by Gasteiger charge is -2.24. The number of ether oxygens (including phenoxy) is 1. The molecule has 0 spiro atoms. The van der Waals surface area contributed by atoms with Crippen LogP contribution in [0.25, 0.3) is 11.1 Å². The average molecular weight is 631 g/mol. The topological polar surface area (TPSA) is 142 Å². The van der Waals surface area contributed by atoms with Gasteiger partial charge < -0.3 is 20.3 Å². The lowest BCUT2D eigenvalue weighted by molar-refractivity contribution is -0.136. The second-order valence-corrected chi connectivity index (χ2v) is 12.4. The van der Waals surface area contributed by atoms with E-state index in [1.165, 1.54) is 0 Å². The monoisotopic (exact) mass is 630 g/mol. The number of nitrogens with one attached hydrogen (secondary N) is 2. The Morgan fingerprint density at radius 2 is 1.60 bits per heavy atom. The summed E-state index contributed by atoms with van der Waals surface area (Å²) >= 11 is 0. The van der Waals surface area contributed by atoms with Gasteiger partial charge >= 0.3 is 5.97 Å². The largest absolute Gasteiger partial charge is 0.490 e. The highest BCUT2D eigenvalue weighted by molar-refractivity contribution is 7.90. The summed E-state index contributed by atoms with van der Waals surface area (Å²) in [6.45, 7) is 1.18. The summed E-state index contributed by atoms with van der Waals surface area (Å²) in [7, 11) is -4.12. The van der Waals surface area contributed by atoms with Crippen molar-refractivity contribution < 1.29 is 33.0 Å². The van der Waals surface area contributed by atoms with Crippen LogP contribution in [0.5, 0.6) is 5.75 Å². The Bertz CT molecular complexity index is 1440. The van der Waals surface area contributed by atoms with Gasteiger partial charge in [-0.1, -0.05) is 67.1 Å². The quantitative estimate of drug-likeness (QED) is 0.185. The van der Waals surface area contributed by atoms with Gasteiger partial charge in [0.15, 0.2) is 0 Å². The molecule has 0 radical (unpaired) electrons. The highest BCUT2D eigenvalue weighted by Crippen LogP contribution is 2.31. The number of amides is 1. The van der Waals surface area contributed by atoms with Crippen LogP contribution in [0.4, 0.5) is 0 Å². The zero-order chi connectivity index (χ0) is 30.0. The molecule has 0 aromatic heterocycles. The SMILES string of the molecule is Cl.O=C(O)CCS(=O)(=O)NC(=O)c1ccc(-c2ccc(CCNC[C@@H](O)c3ccccc3)cc2)cc1OC1CCCCC1. The van der Waals surface area contributed by atoms with Crippen LogP contribution >= 0.6 is 12.4 Å². The molecule has 0 aliphatic heterocycles. The third-order valence-corrected chi connectivity index (χ3v) is 8.54. The van der Waals surface area contributed by atoms with Crippen molar-refractivity contribution in [1.29, 1.82) is 0 Å². The van der Waals surface area contributed by atoms with Gasteiger partial charge in [0.2, 0.25) is 10.0 Å². The van der Waals surface area contributed by atoms with E-state index in [1.807, 2.05) is 59.3 Å². The fourth-order valence-electron chi connectivity index (χ4n) is 4.95. The number of carboxylic acid groups (broad SMARTS) is 1. The zero-order valence-electron chi connectivity index (χ0n) is 23.9.